The molecule has 0 aliphatic carbocycles. The number of nitrogens with zero attached hydrogens (tertiary/aromatic N) is 4. The van der Waals surface area contributed by atoms with Crippen LogP contribution in [0.15, 0.2) is 35.5 Å². The molecule has 2 aromatic heterocycles. The number of hydrogen-bond donors (Lipinski definition) is 1. The number of aromatic nitrogens is 4. The van der Waals surface area contributed by atoms with Gasteiger partial charge in [-0.05, 0) is 12.1 Å². The first-order valence-corrected chi connectivity index (χ1v) is 5.84. The van der Waals surface area contributed by atoms with Gasteiger partial charge in [-0.1, -0.05) is 0 Å². The number of benzene rings is 1. The molecule has 0 spiro atoms. The van der Waals surface area contributed by atoms with Crippen molar-refractivity contribution in [3.8, 4) is 17.2 Å². The van der Waals surface area contributed by atoms with Gasteiger partial charge < -0.3 is 15.3 Å². The summed E-state index contributed by atoms with van der Waals surface area (Å²) in [6.45, 7) is 0.203. The van der Waals surface area contributed by atoms with Gasteiger partial charge in [0.05, 0.1) is 11.9 Å². The zero-order chi connectivity index (χ0) is 13.7. The predicted octanol–water partition coefficient (Wildman–Crippen LogP) is 0.0247. The monoisotopic (exact) mass is 271 g/mol. The van der Waals surface area contributed by atoms with Gasteiger partial charge in [-0.3, -0.25) is 4.79 Å². The second kappa shape index (κ2) is 3.73. The van der Waals surface area contributed by atoms with Gasteiger partial charge in [0.25, 0.3) is 5.56 Å². The maximum absolute atomic E-state index is 11.9. The molecule has 1 aliphatic heterocycles. The average molecular weight is 271 g/mol. The van der Waals surface area contributed by atoms with Crippen molar-refractivity contribution in [3.05, 3.63) is 41.1 Å². The maximum Gasteiger partial charge on any atom is 0.282 e. The lowest BCUT2D eigenvalue weighted by molar-refractivity contribution is 0.174. The molecular weight excluding hydrogens is 262 g/mol. The first-order chi connectivity index (χ1) is 9.74. The van der Waals surface area contributed by atoms with Gasteiger partial charge in [0.15, 0.2) is 17.1 Å². The van der Waals surface area contributed by atoms with E-state index in [9.17, 15) is 4.79 Å². The molecule has 0 atom stereocenters. The molecule has 0 amide bonds. The Morgan fingerprint density at radius 1 is 1.25 bits per heavy atom. The van der Waals surface area contributed by atoms with Crippen LogP contribution in [0.5, 0.6) is 11.5 Å². The fourth-order valence-electron chi connectivity index (χ4n) is 2.13. The molecule has 1 aliphatic rings. The summed E-state index contributed by atoms with van der Waals surface area (Å²) in [7, 11) is 0. The highest BCUT2D eigenvalue weighted by Gasteiger charge is 2.16. The molecule has 3 aromatic rings. The Labute approximate surface area is 111 Å². The van der Waals surface area contributed by atoms with E-state index in [1.807, 2.05) is 6.07 Å². The van der Waals surface area contributed by atoms with E-state index >= 15 is 0 Å². The molecule has 8 heteroatoms. The summed E-state index contributed by atoms with van der Waals surface area (Å²) in [5, 5.41) is 4.54. The van der Waals surface area contributed by atoms with Gasteiger partial charge in [0, 0.05) is 6.07 Å². The smallest absolute Gasteiger partial charge is 0.282 e. The van der Waals surface area contributed by atoms with Crippen LogP contribution >= 0.6 is 0 Å². The number of ether oxygens (including phenoxy) is 2. The van der Waals surface area contributed by atoms with Crippen molar-refractivity contribution in [3.63, 3.8) is 0 Å². The molecule has 0 unspecified atom stereocenters. The predicted molar refractivity (Wildman–Crippen MR) is 69.4 cm³/mol. The normalized spacial score (nSPS) is 13.0. The molecule has 4 rings (SSSR count). The van der Waals surface area contributed by atoms with Crippen molar-refractivity contribution in [1.82, 2.24) is 19.4 Å². The molecular formula is C12H9N5O3. The van der Waals surface area contributed by atoms with Crippen molar-refractivity contribution in [2.75, 3.05) is 12.6 Å². The second-order valence-electron chi connectivity index (χ2n) is 4.29. The number of fused-ring (bicyclic) bond motifs is 2. The summed E-state index contributed by atoms with van der Waals surface area (Å²) >= 11 is 0. The van der Waals surface area contributed by atoms with Crippen LogP contribution in [-0.2, 0) is 0 Å². The molecule has 0 fully saturated rings. The summed E-state index contributed by atoms with van der Waals surface area (Å²) in [6, 6.07) is 5.38. The SMILES string of the molecule is Nn1cnc2c(cnn2-c2ccc3c(c2)OCO3)c1=O. The zero-order valence-corrected chi connectivity index (χ0v) is 10.2. The third-order valence-corrected chi connectivity index (χ3v) is 3.11. The van der Waals surface area contributed by atoms with Gasteiger partial charge in [-0.15, -0.1) is 0 Å². The number of nitrogens with two attached hydrogens (primary N) is 1. The standard InChI is InChI=1S/C12H9N5O3/c13-16-5-14-11-8(12(16)18)4-15-17(11)7-1-2-9-10(3-7)20-6-19-9/h1-5H,6,13H2. The van der Waals surface area contributed by atoms with Crippen LogP contribution in [0, 0.1) is 0 Å². The van der Waals surface area contributed by atoms with E-state index in [-0.39, 0.29) is 12.4 Å². The van der Waals surface area contributed by atoms with Gasteiger partial charge in [-0.2, -0.15) is 5.10 Å². The molecule has 8 nitrogen and oxygen atoms in total. The lowest BCUT2D eigenvalue weighted by Gasteiger charge is -2.04. The molecule has 100 valence electrons. The summed E-state index contributed by atoms with van der Waals surface area (Å²) < 4.78 is 13.1. The topological polar surface area (TPSA) is 97.2 Å². The molecule has 1 aromatic carbocycles. The first kappa shape index (κ1) is 10.9. The second-order valence-corrected chi connectivity index (χ2v) is 4.29. The minimum Gasteiger partial charge on any atom is -0.454 e. The average Bonchev–Trinajstić information content (AvgIpc) is 3.08. The van der Waals surface area contributed by atoms with E-state index in [1.54, 1.807) is 16.8 Å². The van der Waals surface area contributed by atoms with Crippen LogP contribution < -0.4 is 20.9 Å². The number of hydrogen-bond acceptors (Lipinski definition) is 6. The molecule has 0 saturated carbocycles. The Morgan fingerprint density at radius 2 is 2.10 bits per heavy atom. The highest BCUT2D eigenvalue weighted by Crippen LogP contribution is 2.33. The van der Waals surface area contributed by atoms with Crippen molar-refractivity contribution in [1.29, 1.82) is 0 Å². The van der Waals surface area contributed by atoms with Gasteiger partial charge in [0.2, 0.25) is 6.79 Å². The summed E-state index contributed by atoms with van der Waals surface area (Å²) in [6.07, 6.45) is 2.70. The molecule has 0 saturated heterocycles. The Bertz CT molecular complexity index is 882. The molecule has 0 bridgehead atoms. The van der Waals surface area contributed by atoms with Gasteiger partial charge in [0.1, 0.15) is 11.7 Å². The third kappa shape index (κ3) is 1.38. The maximum atomic E-state index is 11.9. The largest absolute Gasteiger partial charge is 0.454 e. The molecule has 2 N–H and O–H groups in total. The van der Waals surface area contributed by atoms with Gasteiger partial charge >= 0.3 is 0 Å². The number of rotatable bonds is 1. The first-order valence-electron chi connectivity index (χ1n) is 5.84. The van der Waals surface area contributed by atoms with Crippen LogP contribution in [0.3, 0.4) is 0 Å². The van der Waals surface area contributed by atoms with Crippen molar-refractivity contribution >= 4 is 11.0 Å². The van der Waals surface area contributed by atoms with E-state index in [4.69, 9.17) is 15.3 Å². The fourth-order valence-corrected chi connectivity index (χ4v) is 2.13. The van der Waals surface area contributed by atoms with Gasteiger partial charge in [-0.25, -0.2) is 14.3 Å². The molecule has 3 heterocycles. The molecule has 20 heavy (non-hydrogen) atoms. The van der Waals surface area contributed by atoms with Crippen LogP contribution in [0.25, 0.3) is 16.7 Å². The highest BCUT2D eigenvalue weighted by atomic mass is 16.7. The van der Waals surface area contributed by atoms with Crippen LogP contribution in [-0.4, -0.2) is 26.2 Å². The Hall–Kier alpha value is -3.03. The Kier molecular flexibility index (Phi) is 2.02. The quantitative estimate of drug-likeness (QED) is 0.627. The van der Waals surface area contributed by atoms with Crippen molar-refractivity contribution in [2.45, 2.75) is 0 Å². The summed E-state index contributed by atoms with van der Waals surface area (Å²) in [4.78, 5) is 16.0. The number of nitrogen functional groups attached to an aromatic ring is 1. The highest BCUT2D eigenvalue weighted by molar-refractivity contribution is 5.75. The van der Waals surface area contributed by atoms with E-state index in [0.717, 1.165) is 10.4 Å². The molecule has 0 radical (unpaired) electrons. The van der Waals surface area contributed by atoms with Crippen LogP contribution in [0.2, 0.25) is 0 Å². The lowest BCUT2D eigenvalue weighted by Crippen LogP contribution is -2.26. The van der Waals surface area contributed by atoms with Crippen molar-refractivity contribution in [2.24, 2.45) is 0 Å². The fraction of sp³-hybridized carbons (Fsp3) is 0.0833. The minimum absolute atomic E-state index is 0.203. The minimum atomic E-state index is -0.345. The summed E-state index contributed by atoms with van der Waals surface area (Å²) in [5.74, 6) is 6.80. The Balaban J connectivity index is 1.95. The van der Waals surface area contributed by atoms with E-state index in [0.29, 0.717) is 22.5 Å². The third-order valence-electron chi connectivity index (χ3n) is 3.11. The van der Waals surface area contributed by atoms with E-state index in [1.165, 1.54) is 12.5 Å². The summed E-state index contributed by atoms with van der Waals surface area (Å²) in [5.41, 5.74) is 0.823. The van der Waals surface area contributed by atoms with Crippen LogP contribution in [0.1, 0.15) is 0 Å². The zero-order valence-electron chi connectivity index (χ0n) is 10.2. The van der Waals surface area contributed by atoms with E-state index < -0.39 is 0 Å². The van der Waals surface area contributed by atoms with Crippen LogP contribution in [0.4, 0.5) is 0 Å². The lowest BCUT2D eigenvalue weighted by atomic mass is 10.3. The van der Waals surface area contributed by atoms with Crippen molar-refractivity contribution < 1.29 is 9.47 Å². The Morgan fingerprint density at radius 3 is 3.00 bits per heavy atom. The van der Waals surface area contributed by atoms with E-state index in [2.05, 4.69) is 10.1 Å².